The van der Waals surface area contributed by atoms with Gasteiger partial charge >= 0.3 is 12.1 Å². The molecule has 11 nitrogen and oxygen atoms in total. The molecule has 0 amide bonds. The minimum absolute atomic E-state index is 0.142. The fourth-order valence-electron chi connectivity index (χ4n) is 2.06. The summed E-state index contributed by atoms with van der Waals surface area (Å²) in [6.45, 7) is 6.36. The SMILES string of the molecule is COCCOCCOCCOCCOCCOCCOCCOCCOCCOC(=O)C(F)(F)F. The first-order valence-corrected chi connectivity index (χ1v) is 11.3. The Morgan fingerprint density at radius 1 is 0.457 bits per heavy atom. The Morgan fingerprint density at radius 3 is 0.914 bits per heavy atom. The van der Waals surface area contributed by atoms with Gasteiger partial charge in [-0.1, -0.05) is 0 Å². The molecule has 35 heavy (non-hydrogen) atoms. The van der Waals surface area contributed by atoms with Crippen LogP contribution >= 0.6 is 0 Å². The molecule has 0 aliphatic carbocycles. The van der Waals surface area contributed by atoms with Crippen molar-refractivity contribution < 1.29 is 65.3 Å². The smallest absolute Gasteiger partial charge is 0.457 e. The Bertz CT molecular complexity index is 457. The Hall–Kier alpha value is -1.10. The summed E-state index contributed by atoms with van der Waals surface area (Å²) < 4.78 is 86.7. The summed E-state index contributed by atoms with van der Waals surface area (Å²) in [5.41, 5.74) is 0. The molecule has 0 aliphatic heterocycles. The summed E-state index contributed by atoms with van der Waals surface area (Å²) in [7, 11) is 1.62. The number of esters is 1. The molecule has 0 bridgehead atoms. The van der Waals surface area contributed by atoms with Gasteiger partial charge < -0.3 is 47.4 Å². The highest BCUT2D eigenvalue weighted by atomic mass is 19.4. The van der Waals surface area contributed by atoms with E-state index in [9.17, 15) is 18.0 Å². The van der Waals surface area contributed by atoms with Gasteiger partial charge in [-0.15, -0.1) is 0 Å². The summed E-state index contributed by atoms with van der Waals surface area (Å²) in [6.07, 6.45) is -4.99. The first-order valence-electron chi connectivity index (χ1n) is 11.3. The summed E-state index contributed by atoms with van der Waals surface area (Å²) >= 11 is 0. The summed E-state index contributed by atoms with van der Waals surface area (Å²) in [6, 6.07) is 0. The van der Waals surface area contributed by atoms with E-state index in [0.29, 0.717) is 92.5 Å². The van der Waals surface area contributed by atoms with Crippen molar-refractivity contribution in [3.05, 3.63) is 0 Å². The quantitative estimate of drug-likeness (QED) is 0.113. The second-order valence-corrected chi connectivity index (χ2v) is 6.53. The molecule has 0 rings (SSSR count). The van der Waals surface area contributed by atoms with Crippen LogP contribution in [0.3, 0.4) is 0 Å². The molecule has 0 saturated carbocycles. The van der Waals surface area contributed by atoms with Gasteiger partial charge in [0.25, 0.3) is 0 Å². The molecule has 0 aliphatic rings. The zero-order chi connectivity index (χ0) is 25.9. The van der Waals surface area contributed by atoms with Gasteiger partial charge in [0.15, 0.2) is 0 Å². The molecule has 0 unspecified atom stereocenters. The molecule has 210 valence electrons. The van der Waals surface area contributed by atoms with Crippen molar-refractivity contribution in [2.45, 2.75) is 6.18 Å². The number of methoxy groups -OCH3 is 1. The summed E-state index contributed by atoms with van der Waals surface area (Å²) in [4.78, 5) is 10.4. The lowest BCUT2D eigenvalue weighted by molar-refractivity contribution is -0.200. The maximum atomic E-state index is 11.9. The molecule has 0 aromatic heterocycles. The predicted octanol–water partition coefficient (Wildman–Crippen LogP) is 0.871. The van der Waals surface area contributed by atoms with Crippen LogP contribution in [0.4, 0.5) is 13.2 Å². The molecule has 0 fully saturated rings. The van der Waals surface area contributed by atoms with Crippen LogP contribution in [0.1, 0.15) is 0 Å². The van der Waals surface area contributed by atoms with Crippen LogP contribution in [0.15, 0.2) is 0 Å². The first kappa shape index (κ1) is 33.9. The maximum Gasteiger partial charge on any atom is 0.490 e. The van der Waals surface area contributed by atoms with Crippen molar-refractivity contribution >= 4 is 5.97 Å². The van der Waals surface area contributed by atoms with E-state index < -0.39 is 18.8 Å². The second kappa shape index (κ2) is 26.0. The second-order valence-electron chi connectivity index (χ2n) is 6.53. The number of carbonyl (C=O) groups excluding carboxylic acids is 1. The normalized spacial score (nSPS) is 11.8. The van der Waals surface area contributed by atoms with E-state index in [2.05, 4.69) is 4.74 Å². The van der Waals surface area contributed by atoms with Crippen LogP contribution < -0.4 is 0 Å². The molecule has 14 heteroatoms. The predicted molar refractivity (Wildman–Crippen MR) is 115 cm³/mol. The third-order valence-corrected chi connectivity index (χ3v) is 3.73. The average Bonchev–Trinajstić information content (AvgIpc) is 2.82. The summed E-state index contributed by atoms with van der Waals surface area (Å²) in [5.74, 6) is -2.23. The first-order chi connectivity index (χ1) is 17.0. The highest BCUT2D eigenvalue weighted by molar-refractivity contribution is 5.75. The standard InChI is InChI=1S/C21H39F3O11/c1-26-2-3-27-4-5-28-6-7-29-8-9-30-10-11-31-12-13-32-14-15-33-16-17-34-18-19-35-20(25)21(22,23)24/h2-19H2,1H3. The van der Waals surface area contributed by atoms with Crippen molar-refractivity contribution in [3.8, 4) is 0 Å². The van der Waals surface area contributed by atoms with Crippen LogP contribution in [0.5, 0.6) is 0 Å². The molecule has 0 heterocycles. The van der Waals surface area contributed by atoms with Crippen LogP contribution in [0.2, 0.25) is 0 Å². The Labute approximate surface area is 204 Å². The fourth-order valence-corrected chi connectivity index (χ4v) is 2.06. The van der Waals surface area contributed by atoms with Gasteiger partial charge in [0.05, 0.1) is 112 Å². The third kappa shape index (κ3) is 27.3. The van der Waals surface area contributed by atoms with Crippen molar-refractivity contribution in [2.75, 3.05) is 126 Å². The van der Waals surface area contributed by atoms with E-state index in [4.69, 9.17) is 42.6 Å². The molecule has 0 spiro atoms. The van der Waals surface area contributed by atoms with E-state index in [1.807, 2.05) is 0 Å². The largest absolute Gasteiger partial charge is 0.490 e. The maximum absolute atomic E-state index is 11.9. The minimum Gasteiger partial charge on any atom is -0.457 e. The molecule has 0 radical (unpaired) electrons. The minimum atomic E-state index is -4.99. The van der Waals surface area contributed by atoms with Crippen molar-refractivity contribution in [2.24, 2.45) is 0 Å². The van der Waals surface area contributed by atoms with Gasteiger partial charge in [0.1, 0.15) is 6.61 Å². The highest BCUT2D eigenvalue weighted by Gasteiger charge is 2.40. The number of rotatable bonds is 27. The molecule has 0 atom stereocenters. The van der Waals surface area contributed by atoms with Crippen LogP contribution in [-0.2, 0) is 52.2 Å². The van der Waals surface area contributed by atoms with Gasteiger partial charge in [-0.3, -0.25) is 0 Å². The zero-order valence-corrected chi connectivity index (χ0v) is 20.4. The van der Waals surface area contributed by atoms with E-state index >= 15 is 0 Å². The Balaban J connectivity index is 3.08. The topological polar surface area (TPSA) is 109 Å². The monoisotopic (exact) mass is 524 g/mol. The van der Waals surface area contributed by atoms with Gasteiger partial charge in [-0.25, -0.2) is 4.79 Å². The van der Waals surface area contributed by atoms with Gasteiger partial charge in [0.2, 0.25) is 0 Å². The number of carbonyl (C=O) groups is 1. The van der Waals surface area contributed by atoms with E-state index in [0.717, 1.165) is 0 Å². The van der Waals surface area contributed by atoms with Gasteiger partial charge in [0, 0.05) is 7.11 Å². The van der Waals surface area contributed by atoms with Crippen molar-refractivity contribution in [1.29, 1.82) is 0 Å². The van der Waals surface area contributed by atoms with Gasteiger partial charge in [-0.2, -0.15) is 13.2 Å². The number of halogens is 3. The molecular formula is C21H39F3O11. The number of alkyl halides is 3. The third-order valence-electron chi connectivity index (χ3n) is 3.73. The van der Waals surface area contributed by atoms with E-state index in [1.165, 1.54) is 0 Å². The van der Waals surface area contributed by atoms with E-state index in [-0.39, 0.29) is 19.8 Å². The lowest BCUT2D eigenvalue weighted by atomic mass is 10.6. The number of hydrogen-bond acceptors (Lipinski definition) is 11. The molecular weight excluding hydrogens is 485 g/mol. The molecule has 0 aromatic carbocycles. The molecule has 0 aromatic rings. The number of ether oxygens (including phenoxy) is 10. The average molecular weight is 525 g/mol. The van der Waals surface area contributed by atoms with Crippen molar-refractivity contribution in [3.63, 3.8) is 0 Å². The summed E-state index contributed by atoms with van der Waals surface area (Å²) in [5, 5.41) is 0. The lowest BCUT2D eigenvalue weighted by Crippen LogP contribution is -2.26. The fraction of sp³-hybridized carbons (Fsp3) is 0.952. The van der Waals surface area contributed by atoms with Crippen LogP contribution in [0, 0.1) is 0 Å². The Morgan fingerprint density at radius 2 is 0.686 bits per heavy atom. The molecule has 0 saturated heterocycles. The number of hydrogen-bond donors (Lipinski definition) is 0. The zero-order valence-electron chi connectivity index (χ0n) is 20.4. The van der Waals surface area contributed by atoms with Crippen molar-refractivity contribution in [1.82, 2.24) is 0 Å². The Kier molecular flexibility index (Phi) is 25.2. The van der Waals surface area contributed by atoms with Gasteiger partial charge in [-0.05, 0) is 0 Å². The van der Waals surface area contributed by atoms with Crippen LogP contribution in [-0.4, -0.2) is 138 Å². The molecule has 0 N–H and O–H groups in total. The lowest BCUT2D eigenvalue weighted by Gasteiger charge is -2.09. The highest BCUT2D eigenvalue weighted by Crippen LogP contribution is 2.16. The van der Waals surface area contributed by atoms with Crippen LogP contribution in [0.25, 0.3) is 0 Å². The van der Waals surface area contributed by atoms with E-state index in [1.54, 1.807) is 7.11 Å².